The summed E-state index contributed by atoms with van der Waals surface area (Å²) >= 11 is 5.98. The van der Waals surface area contributed by atoms with E-state index in [4.69, 9.17) is 11.6 Å². The van der Waals surface area contributed by atoms with E-state index >= 15 is 0 Å². The lowest BCUT2D eigenvalue weighted by molar-refractivity contribution is 0.866. The van der Waals surface area contributed by atoms with E-state index < -0.39 is 0 Å². The van der Waals surface area contributed by atoms with Crippen LogP contribution in [0.25, 0.3) is 16.7 Å². The highest BCUT2D eigenvalue weighted by molar-refractivity contribution is 6.30. The Morgan fingerprint density at radius 3 is 2.45 bits per heavy atom. The van der Waals surface area contributed by atoms with Gasteiger partial charge in [0.1, 0.15) is 5.65 Å². The van der Waals surface area contributed by atoms with Crippen molar-refractivity contribution >= 4 is 28.3 Å². The highest BCUT2D eigenvalue weighted by Crippen LogP contribution is 2.22. The molecule has 0 aliphatic heterocycles. The maximum atomic E-state index is 12.7. The number of aryl methyl sites for hydroxylation is 1. The molecule has 0 aliphatic rings. The first-order valence-corrected chi connectivity index (χ1v) is 10.0. The third-order valence-corrected chi connectivity index (χ3v) is 5.33. The normalized spacial score (nSPS) is 11.3. The second-order valence-electron chi connectivity index (χ2n) is 7.49. The summed E-state index contributed by atoms with van der Waals surface area (Å²) in [6, 6.07) is 17.6. The van der Waals surface area contributed by atoms with Crippen molar-refractivity contribution in [1.82, 2.24) is 14.8 Å². The van der Waals surface area contributed by atoms with E-state index in [2.05, 4.69) is 41.4 Å². The summed E-state index contributed by atoms with van der Waals surface area (Å²) in [5.74, 6) is 0.495. The van der Waals surface area contributed by atoms with E-state index in [1.165, 1.54) is 5.56 Å². The number of fused-ring (bicyclic) bond motifs is 1. The lowest BCUT2D eigenvalue weighted by Crippen LogP contribution is -2.16. The molecule has 0 radical (unpaired) electrons. The van der Waals surface area contributed by atoms with Gasteiger partial charge in [0.05, 0.1) is 11.4 Å². The van der Waals surface area contributed by atoms with Crippen LogP contribution in [0.4, 0.5) is 5.69 Å². The minimum atomic E-state index is -0.126. The van der Waals surface area contributed by atoms with Crippen LogP contribution < -0.4 is 10.9 Å². The van der Waals surface area contributed by atoms with Gasteiger partial charge in [0, 0.05) is 28.2 Å². The van der Waals surface area contributed by atoms with E-state index in [9.17, 15) is 4.79 Å². The van der Waals surface area contributed by atoms with Gasteiger partial charge in [0.15, 0.2) is 0 Å². The molecule has 0 atom stereocenters. The first kappa shape index (κ1) is 19.3. The molecule has 0 amide bonds. The Labute approximate surface area is 174 Å². The molecular weight excluding hydrogens is 384 g/mol. The van der Waals surface area contributed by atoms with Gasteiger partial charge in [-0.2, -0.15) is 5.10 Å². The number of nitrogens with zero attached hydrogens (tertiary/aromatic N) is 2. The number of halogens is 1. The number of hydrogen-bond donors (Lipinski definition) is 2. The number of aromatic amines is 1. The monoisotopic (exact) mass is 406 g/mol. The summed E-state index contributed by atoms with van der Waals surface area (Å²) < 4.78 is 1.74. The molecule has 29 heavy (non-hydrogen) atoms. The lowest BCUT2D eigenvalue weighted by atomic mass is 10.0. The van der Waals surface area contributed by atoms with Gasteiger partial charge >= 0.3 is 0 Å². The molecule has 2 aromatic carbocycles. The fraction of sp³-hybridized carbons (Fsp3) is 0.217. The Bertz CT molecular complexity index is 1200. The molecule has 2 heterocycles. The number of anilines is 1. The van der Waals surface area contributed by atoms with Gasteiger partial charge in [0.2, 0.25) is 0 Å². The summed E-state index contributed by atoms with van der Waals surface area (Å²) in [5, 5.41) is 9.51. The summed E-state index contributed by atoms with van der Waals surface area (Å²) in [6.45, 7) is 6.72. The molecule has 0 unspecified atom stereocenters. The molecule has 2 N–H and O–H groups in total. The summed E-state index contributed by atoms with van der Waals surface area (Å²) in [4.78, 5) is 15.7. The van der Waals surface area contributed by atoms with Crippen molar-refractivity contribution < 1.29 is 0 Å². The molecule has 0 saturated heterocycles. The van der Waals surface area contributed by atoms with Crippen molar-refractivity contribution in [2.24, 2.45) is 0 Å². The second kappa shape index (κ2) is 7.76. The minimum absolute atomic E-state index is 0.126. The zero-order valence-corrected chi connectivity index (χ0v) is 17.4. The van der Waals surface area contributed by atoms with E-state index in [-0.39, 0.29) is 5.56 Å². The molecule has 5 nitrogen and oxygen atoms in total. The maximum absolute atomic E-state index is 12.7. The van der Waals surface area contributed by atoms with E-state index in [0.29, 0.717) is 28.7 Å². The molecule has 0 fully saturated rings. The number of nitrogens with one attached hydrogen (secondary N) is 2. The quantitative estimate of drug-likeness (QED) is 0.465. The number of aromatic nitrogens is 3. The Hall–Kier alpha value is -3.05. The molecule has 4 rings (SSSR count). The third kappa shape index (κ3) is 3.91. The molecule has 0 saturated carbocycles. The van der Waals surface area contributed by atoms with Gasteiger partial charge in [-0.3, -0.25) is 4.79 Å². The molecule has 0 bridgehead atoms. The third-order valence-electron chi connectivity index (χ3n) is 5.08. The van der Waals surface area contributed by atoms with Crippen LogP contribution >= 0.6 is 11.6 Å². The van der Waals surface area contributed by atoms with Crippen LogP contribution in [-0.2, 0) is 6.54 Å². The van der Waals surface area contributed by atoms with Crippen LogP contribution in [-0.4, -0.2) is 14.8 Å². The minimum Gasteiger partial charge on any atom is -0.381 e. The number of benzene rings is 2. The molecule has 4 aromatic rings. The number of hydrogen-bond acceptors (Lipinski definition) is 3. The molecular formula is C23H23ClN4O. The Kier molecular flexibility index (Phi) is 5.16. The Morgan fingerprint density at radius 1 is 1.10 bits per heavy atom. The number of rotatable bonds is 5. The Balaban J connectivity index is 1.63. The van der Waals surface area contributed by atoms with Crippen LogP contribution in [0.5, 0.6) is 0 Å². The predicted molar refractivity (Wildman–Crippen MR) is 119 cm³/mol. The van der Waals surface area contributed by atoms with Crippen LogP contribution in [0.2, 0.25) is 5.02 Å². The van der Waals surface area contributed by atoms with Crippen molar-refractivity contribution in [2.75, 3.05) is 5.32 Å². The van der Waals surface area contributed by atoms with Crippen molar-refractivity contribution in [1.29, 1.82) is 0 Å². The zero-order chi connectivity index (χ0) is 20.5. The van der Waals surface area contributed by atoms with Gasteiger partial charge in [0.25, 0.3) is 5.56 Å². The summed E-state index contributed by atoms with van der Waals surface area (Å²) in [7, 11) is 0. The van der Waals surface area contributed by atoms with Crippen LogP contribution in [0.1, 0.15) is 36.6 Å². The maximum Gasteiger partial charge on any atom is 0.254 e. The fourth-order valence-electron chi connectivity index (χ4n) is 3.34. The largest absolute Gasteiger partial charge is 0.381 e. The van der Waals surface area contributed by atoms with Gasteiger partial charge in [-0.25, -0.2) is 4.68 Å². The zero-order valence-electron chi connectivity index (χ0n) is 16.7. The van der Waals surface area contributed by atoms with Gasteiger partial charge in [-0.15, -0.1) is 0 Å². The first-order chi connectivity index (χ1) is 13.9. The average molecular weight is 407 g/mol. The predicted octanol–water partition coefficient (Wildman–Crippen LogP) is 5.41. The number of pyridine rings is 1. The van der Waals surface area contributed by atoms with E-state index in [0.717, 1.165) is 22.5 Å². The topological polar surface area (TPSA) is 62.7 Å². The standard InChI is InChI=1S/C23H23ClN4O/c1-14(2)16-4-8-19(9-5-16)25-13-17-12-21-15(3)27-28(22(21)26-23(17)29)20-10-6-18(24)7-11-20/h4-12,14,25H,13H2,1-3H3,(H,26,29). The number of H-pyrrole nitrogens is 1. The molecule has 0 spiro atoms. The van der Waals surface area contributed by atoms with Crippen LogP contribution in [0.15, 0.2) is 59.4 Å². The van der Waals surface area contributed by atoms with Crippen molar-refractivity contribution in [3.05, 3.63) is 86.8 Å². The summed E-state index contributed by atoms with van der Waals surface area (Å²) in [6.07, 6.45) is 0. The van der Waals surface area contributed by atoms with Crippen LogP contribution in [0.3, 0.4) is 0 Å². The van der Waals surface area contributed by atoms with Crippen LogP contribution in [0, 0.1) is 6.92 Å². The molecule has 6 heteroatoms. The fourth-order valence-corrected chi connectivity index (χ4v) is 3.47. The Morgan fingerprint density at radius 2 is 1.79 bits per heavy atom. The molecule has 148 valence electrons. The van der Waals surface area contributed by atoms with Gasteiger partial charge < -0.3 is 10.3 Å². The smallest absolute Gasteiger partial charge is 0.254 e. The highest BCUT2D eigenvalue weighted by Gasteiger charge is 2.13. The van der Waals surface area contributed by atoms with Crippen molar-refractivity contribution in [2.45, 2.75) is 33.2 Å². The molecule has 2 aromatic heterocycles. The average Bonchev–Trinajstić information content (AvgIpc) is 3.02. The highest BCUT2D eigenvalue weighted by atomic mass is 35.5. The first-order valence-electron chi connectivity index (χ1n) is 9.63. The van der Waals surface area contributed by atoms with Crippen molar-refractivity contribution in [3.8, 4) is 5.69 Å². The molecule has 0 aliphatic carbocycles. The second-order valence-corrected chi connectivity index (χ2v) is 7.93. The van der Waals surface area contributed by atoms with Crippen molar-refractivity contribution in [3.63, 3.8) is 0 Å². The SMILES string of the molecule is Cc1nn(-c2ccc(Cl)cc2)c2[nH]c(=O)c(CNc3ccc(C(C)C)cc3)cc12. The van der Waals surface area contributed by atoms with E-state index in [1.807, 2.05) is 37.3 Å². The lowest BCUT2D eigenvalue weighted by Gasteiger charge is -2.09. The summed E-state index contributed by atoms with van der Waals surface area (Å²) in [5.41, 5.74) is 5.21. The van der Waals surface area contributed by atoms with Gasteiger partial charge in [-0.05, 0) is 60.9 Å². The van der Waals surface area contributed by atoms with Gasteiger partial charge in [-0.1, -0.05) is 37.6 Å². The van der Waals surface area contributed by atoms with E-state index in [1.54, 1.807) is 16.8 Å².